The van der Waals surface area contributed by atoms with Gasteiger partial charge in [0, 0.05) is 39.3 Å². The minimum atomic E-state index is 0.817. The molecule has 0 saturated carbocycles. The predicted octanol–water partition coefficient (Wildman–Crippen LogP) is 0.328. The molecule has 0 aromatic carbocycles. The first kappa shape index (κ1) is 11.7. The SMILES string of the molecule is c1ncc(N2CCOCC2)cc1N1CCNCC1. The minimum Gasteiger partial charge on any atom is -0.378 e. The van der Waals surface area contributed by atoms with Crippen LogP contribution < -0.4 is 15.1 Å². The third kappa shape index (κ3) is 2.57. The van der Waals surface area contributed by atoms with Gasteiger partial charge in [0.1, 0.15) is 0 Å². The van der Waals surface area contributed by atoms with Crippen LogP contribution in [-0.2, 0) is 4.74 Å². The zero-order valence-electron chi connectivity index (χ0n) is 10.6. The van der Waals surface area contributed by atoms with E-state index in [1.165, 1.54) is 11.4 Å². The van der Waals surface area contributed by atoms with Crippen molar-refractivity contribution in [3.05, 3.63) is 18.5 Å². The fourth-order valence-corrected chi connectivity index (χ4v) is 2.51. The van der Waals surface area contributed by atoms with E-state index in [2.05, 4.69) is 26.2 Å². The van der Waals surface area contributed by atoms with E-state index in [1.54, 1.807) is 0 Å². The lowest BCUT2D eigenvalue weighted by atomic mass is 10.2. The van der Waals surface area contributed by atoms with E-state index >= 15 is 0 Å². The molecule has 3 heterocycles. The van der Waals surface area contributed by atoms with Gasteiger partial charge in [-0.1, -0.05) is 0 Å². The van der Waals surface area contributed by atoms with E-state index in [0.717, 1.165) is 52.5 Å². The molecule has 0 aliphatic carbocycles. The van der Waals surface area contributed by atoms with Gasteiger partial charge in [0.2, 0.25) is 0 Å². The molecule has 18 heavy (non-hydrogen) atoms. The normalized spacial score (nSPS) is 21.1. The van der Waals surface area contributed by atoms with Crippen LogP contribution in [0.15, 0.2) is 18.5 Å². The van der Waals surface area contributed by atoms with Crippen LogP contribution >= 0.6 is 0 Å². The first-order chi connectivity index (χ1) is 8.93. The first-order valence-corrected chi connectivity index (χ1v) is 6.67. The summed E-state index contributed by atoms with van der Waals surface area (Å²) in [4.78, 5) is 9.14. The fourth-order valence-electron chi connectivity index (χ4n) is 2.51. The number of nitrogens with zero attached hydrogens (tertiary/aromatic N) is 3. The molecule has 0 amide bonds. The highest BCUT2D eigenvalue weighted by molar-refractivity contribution is 5.57. The van der Waals surface area contributed by atoms with Gasteiger partial charge in [0.25, 0.3) is 0 Å². The lowest BCUT2D eigenvalue weighted by molar-refractivity contribution is 0.122. The number of ether oxygens (including phenoxy) is 1. The standard InChI is InChI=1S/C13H20N4O/c1-3-16(4-2-14-1)12-9-13(11-15-10-12)17-5-7-18-8-6-17/h9-11,14H,1-8H2. The average molecular weight is 248 g/mol. The van der Waals surface area contributed by atoms with Crippen molar-refractivity contribution in [2.45, 2.75) is 0 Å². The van der Waals surface area contributed by atoms with Gasteiger partial charge < -0.3 is 19.9 Å². The van der Waals surface area contributed by atoms with Crippen molar-refractivity contribution in [2.24, 2.45) is 0 Å². The number of hydrogen-bond acceptors (Lipinski definition) is 5. The predicted molar refractivity (Wildman–Crippen MR) is 72.4 cm³/mol. The molecule has 0 radical (unpaired) electrons. The summed E-state index contributed by atoms with van der Waals surface area (Å²) in [6, 6.07) is 2.25. The Morgan fingerprint density at radius 1 is 0.944 bits per heavy atom. The van der Waals surface area contributed by atoms with E-state index in [-0.39, 0.29) is 0 Å². The van der Waals surface area contributed by atoms with Crippen LogP contribution in [0.2, 0.25) is 0 Å². The Hall–Kier alpha value is -1.33. The summed E-state index contributed by atoms with van der Waals surface area (Å²) in [6.45, 7) is 7.81. The lowest BCUT2D eigenvalue weighted by Crippen LogP contribution is -2.43. The molecule has 0 atom stereocenters. The van der Waals surface area contributed by atoms with Gasteiger partial charge in [-0.2, -0.15) is 0 Å². The quantitative estimate of drug-likeness (QED) is 0.816. The second-order valence-corrected chi connectivity index (χ2v) is 4.74. The summed E-state index contributed by atoms with van der Waals surface area (Å²) in [6.07, 6.45) is 3.92. The van der Waals surface area contributed by atoms with Gasteiger partial charge in [-0.3, -0.25) is 4.98 Å². The van der Waals surface area contributed by atoms with Crippen molar-refractivity contribution in [2.75, 3.05) is 62.3 Å². The van der Waals surface area contributed by atoms with Crippen LogP contribution in [-0.4, -0.2) is 57.5 Å². The zero-order valence-corrected chi connectivity index (χ0v) is 10.6. The Kier molecular flexibility index (Phi) is 3.61. The molecule has 2 fully saturated rings. The molecule has 5 nitrogen and oxygen atoms in total. The Morgan fingerprint density at radius 2 is 1.56 bits per heavy atom. The fraction of sp³-hybridized carbons (Fsp3) is 0.615. The largest absolute Gasteiger partial charge is 0.378 e. The lowest BCUT2D eigenvalue weighted by Gasteiger charge is -2.32. The summed E-state index contributed by atoms with van der Waals surface area (Å²) in [5.41, 5.74) is 2.45. The summed E-state index contributed by atoms with van der Waals surface area (Å²) in [7, 11) is 0. The minimum absolute atomic E-state index is 0.817. The Morgan fingerprint density at radius 3 is 2.22 bits per heavy atom. The third-order valence-corrected chi connectivity index (χ3v) is 3.57. The maximum Gasteiger partial charge on any atom is 0.0642 e. The molecule has 2 aliphatic heterocycles. The number of hydrogen-bond donors (Lipinski definition) is 1. The van der Waals surface area contributed by atoms with E-state index in [0.29, 0.717) is 0 Å². The summed E-state index contributed by atoms with van der Waals surface area (Å²) in [5, 5.41) is 3.37. The first-order valence-electron chi connectivity index (χ1n) is 6.67. The molecule has 0 bridgehead atoms. The molecule has 3 rings (SSSR count). The highest BCUT2D eigenvalue weighted by Gasteiger charge is 2.15. The second-order valence-electron chi connectivity index (χ2n) is 4.74. The molecule has 0 unspecified atom stereocenters. The molecule has 2 aliphatic rings. The zero-order chi connectivity index (χ0) is 12.2. The second kappa shape index (κ2) is 5.54. The number of aromatic nitrogens is 1. The van der Waals surface area contributed by atoms with Crippen LogP contribution in [0.25, 0.3) is 0 Å². The van der Waals surface area contributed by atoms with Crippen LogP contribution in [0, 0.1) is 0 Å². The van der Waals surface area contributed by atoms with Crippen molar-refractivity contribution in [1.29, 1.82) is 0 Å². The molecule has 1 N–H and O–H groups in total. The number of pyridine rings is 1. The summed E-state index contributed by atoms with van der Waals surface area (Å²) in [5.74, 6) is 0. The number of rotatable bonds is 2. The Labute approximate surface area is 108 Å². The maximum atomic E-state index is 5.39. The van der Waals surface area contributed by atoms with Crippen LogP contribution in [0.4, 0.5) is 11.4 Å². The summed E-state index contributed by atoms with van der Waals surface area (Å²) >= 11 is 0. The van der Waals surface area contributed by atoms with E-state index in [9.17, 15) is 0 Å². The van der Waals surface area contributed by atoms with Crippen LogP contribution in [0.5, 0.6) is 0 Å². The number of anilines is 2. The van der Waals surface area contributed by atoms with Crippen LogP contribution in [0.3, 0.4) is 0 Å². The van der Waals surface area contributed by atoms with Gasteiger partial charge >= 0.3 is 0 Å². The smallest absolute Gasteiger partial charge is 0.0642 e. The van der Waals surface area contributed by atoms with Gasteiger partial charge in [-0.25, -0.2) is 0 Å². The number of nitrogens with one attached hydrogen (secondary N) is 1. The van der Waals surface area contributed by atoms with E-state index in [1.807, 2.05) is 12.4 Å². The van der Waals surface area contributed by atoms with Crippen molar-refractivity contribution in [1.82, 2.24) is 10.3 Å². The Balaban J connectivity index is 1.75. The van der Waals surface area contributed by atoms with Crippen molar-refractivity contribution in [3.8, 4) is 0 Å². The van der Waals surface area contributed by atoms with Gasteiger partial charge in [-0.05, 0) is 6.07 Å². The molecule has 1 aromatic heterocycles. The monoisotopic (exact) mass is 248 g/mol. The van der Waals surface area contributed by atoms with Crippen molar-refractivity contribution in [3.63, 3.8) is 0 Å². The van der Waals surface area contributed by atoms with Gasteiger partial charge in [0.05, 0.1) is 37.0 Å². The van der Waals surface area contributed by atoms with Crippen LogP contribution in [0.1, 0.15) is 0 Å². The van der Waals surface area contributed by atoms with E-state index < -0.39 is 0 Å². The van der Waals surface area contributed by atoms with E-state index in [4.69, 9.17) is 4.74 Å². The maximum absolute atomic E-state index is 5.39. The Bertz CT molecular complexity index is 353. The molecular formula is C13H20N4O. The third-order valence-electron chi connectivity index (χ3n) is 3.57. The number of morpholine rings is 1. The molecule has 0 spiro atoms. The topological polar surface area (TPSA) is 40.6 Å². The molecule has 2 saturated heterocycles. The molecule has 98 valence electrons. The van der Waals surface area contributed by atoms with Gasteiger partial charge in [0.15, 0.2) is 0 Å². The van der Waals surface area contributed by atoms with Crippen molar-refractivity contribution >= 4 is 11.4 Å². The van der Waals surface area contributed by atoms with Gasteiger partial charge in [-0.15, -0.1) is 0 Å². The van der Waals surface area contributed by atoms with Crippen molar-refractivity contribution < 1.29 is 4.74 Å². The average Bonchev–Trinajstić information content (AvgIpc) is 2.49. The number of piperazine rings is 1. The molecular weight excluding hydrogens is 228 g/mol. The highest BCUT2D eigenvalue weighted by atomic mass is 16.5. The summed E-state index contributed by atoms with van der Waals surface area (Å²) < 4.78 is 5.39. The molecule has 5 heteroatoms. The highest BCUT2D eigenvalue weighted by Crippen LogP contribution is 2.22. The molecule has 1 aromatic rings.